The molecule has 1 N–H and O–H groups in total. The molecule has 0 atom stereocenters. The van der Waals surface area contributed by atoms with Gasteiger partial charge in [0, 0.05) is 29.9 Å². The molecule has 0 bridgehead atoms. The van der Waals surface area contributed by atoms with Crippen LogP contribution in [0.2, 0.25) is 0 Å². The van der Waals surface area contributed by atoms with Gasteiger partial charge in [0.2, 0.25) is 0 Å². The molecule has 0 aliphatic carbocycles. The summed E-state index contributed by atoms with van der Waals surface area (Å²) in [7, 11) is 0. The van der Waals surface area contributed by atoms with E-state index in [1.54, 1.807) is 41.1 Å². The van der Waals surface area contributed by atoms with Crippen LogP contribution >= 0.6 is 0 Å². The van der Waals surface area contributed by atoms with Gasteiger partial charge in [-0.05, 0) is 45.0 Å². The summed E-state index contributed by atoms with van der Waals surface area (Å²) < 4.78 is 1.61. The monoisotopic (exact) mass is 336 g/mol. The van der Waals surface area contributed by atoms with Crippen molar-refractivity contribution in [1.29, 1.82) is 0 Å². The topological polar surface area (TPSA) is 76.9 Å². The fourth-order valence-corrected chi connectivity index (χ4v) is 2.68. The Bertz CT molecular complexity index is 975. The number of carbonyl (C=O) groups excluding carboxylic acids is 1. The maximum Gasteiger partial charge on any atom is 0.278 e. The number of nitrogens with zero attached hydrogens (tertiary/aromatic N) is 3. The molecule has 0 saturated carbocycles. The number of benzene rings is 1. The van der Waals surface area contributed by atoms with Crippen molar-refractivity contribution in [2.75, 3.05) is 0 Å². The van der Waals surface area contributed by atoms with Crippen molar-refractivity contribution in [3.63, 3.8) is 0 Å². The van der Waals surface area contributed by atoms with Crippen molar-refractivity contribution >= 4 is 17.1 Å². The Morgan fingerprint density at radius 1 is 1.20 bits per heavy atom. The van der Waals surface area contributed by atoms with Gasteiger partial charge < -0.3 is 5.32 Å². The Hall–Kier alpha value is -3.02. The standard InChI is InChI=1S/C19H20N4O2/c1-4-23-17-15(6-5-11-20-17)22-16(19(23)25)13-7-9-14(10-8-13)18(24)21-12(2)3/h5-12H,4H2,1-3H3,(H,21,24). The highest BCUT2D eigenvalue weighted by Gasteiger charge is 2.13. The molecule has 0 aliphatic rings. The van der Waals surface area contributed by atoms with Crippen molar-refractivity contribution in [3.05, 3.63) is 58.5 Å². The van der Waals surface area contributed by atoms with Crippen LogP contribution in [0.5, 0.6) is 0 Å². The summed E-state index contributed by atoms with van der Waals surface area (Å²) in [6, 6.07) is 10.6. The fraction of sp³-hybridized carbons (Fsp3) is 0.263. The zero-order chi connectivity index (χ0) is 18.0. The number of hydrogen-bond donors (Lipinski definition) is 1. The maximum absolute atomic E-state index is 12.8. The zero-order valence-electron chi connectivity index (χ0n) is 14.5. The molecule has 0 radical (unpaired) electrons. The third kappa shape index (κ3) is 3.28. The van der Waals surface area contributed by atoms with Gasteiger partial charge in [0.1, 0.15) is 11.2 Å². The Labute approximate surface area is 145 Å². The van der Waals surface area contributed by atoms with E-state index in [-0.39, 0.29) is 17.5 Å². The molecule has 1 aromatic carbocycles. The Kier molecular flexibility index (Phi) is 4.61. The van der Waals surface area contributed by atoms with Crippen LogP contribution < -0.4 is 10.9 Å². The van der Waals surface area contributed by atoms with Gasteiger partial charge in [0.05, 0.1) is 0 Å². The Morgan fingerprint density at radius 3 is 2.56 bits per heavy atom. The number of carbonyl (C=O) groups is 1. The van der Waals surface area contributed by atoms with Crippen molar-refractivity contribution in [3.8, 4) is 11.3 Å². The normalized spacial score (nSPS) is 11.0. The van der Waals surface area contributed by atoms with E-state index in [1.807, 2.05) is 26.8 Å². The van der Waals surface area contributed by atoms with Crippen LogP contribution in [-0.4, -0.2) is 26.5 Å². The lowest BCUT2D eigenvalue weighted by Gasteiger charge is -2.10. The Balaban J connectivity index is 2.06. The summed E-state index contributed by atoms with van der Waals surface area (Å²) in [6.07, 6.45) is 1.65. The molecule has 25 heavy (non-hydrogen) atoms. The van der Waals surface area contributed by atoms with Gasteiger partial charge in [-0.3, -0.25) is 14.2 Å². The van der Waals surface area contributed by atoms with Crippen molar-refractivity contribution in [1.82, 2.24) is 19.9 Å². The molecule has 1 amide bonds. The number of amides is 1. The number of nitrogens with one attached hydrogen (secondary N) is 1. The predicted octanol–water partition coefficient (Wildman–Crippen LogP) is 2.62. The highest BCUT2D eigenvalue weighted by Crippen LogP contribution is 2.17. The van der Waals surface area contributed by atoms with Crippen LogP contribution in [0.15, 0.2) is 47.4 Å². The lowest BCUT2D eigenvalue weighted by molar-refractivity contribution is 0.0943. The molecule has 6 nitrogen and oxygen atoms in total. The molecule has 2 heterocycles. The van der Waals surface area contributed by atoms with Gasteiger partial charge in [-0.15, -0.1) is 0 Å². The quantitative estimate of drug-likeness (QED) is 0.794. The van der Waals surface area contributed by atoms with Gasteiger partial charge in [0.15, 0.2) is 5.65 Å². The van der Waals surface area contributed by atoms with Crippen LogP contribution in [0.4, 0.5) is 0 Å². The molecule has 0 aliphatic heterocycles. The van der Waals surface area contributed by atoms with E-state index in [2.05, 4.69) is 15.3 Å². The summed E-state index contributed by atoms with van der Waals surface area (Å²) in [5.74, 6) is -0.136. The molecular formula is C19H20N4O2. The summed E-state index contributed by atoms with van der Waals surface area (Å²) in [6.45, 7) is 6.23. The third-order valence-corrected chi connectivity index (χ3v) is 3.86. The van der Waals surface area contributed by atoms with Crippen LogP contribution in [0.3, 0.4) is 0 Å². The summed E-state index contributed by atoms with van der Waals surface area (Å²) in [5.41, 5.74) is 2.65. The number of fused-ring (bicyclic) bond motifs is 1. The van der Waals surface area contributed by atoms with Gasteiger partial charge in [-0.25, -0.2) is 9.97 Å². The van der Waals surface area contributed by atoms with E-state index in [0.717, 1.165) is 0 Å². The maximum atomic E-state index is 12.8. The van der Waals surface area contributed by atoms with Gasteiger partial charge in [0.25, 0.3) is 11.5 Å². The second kappa shape index (κ2) is 6.84. The van der Waals surface area contributed by atoms with Crippen LogP contribution in [0.25, 0.3) is 22.4 Å². The average molecular weight is 336 g/mol. The molecule has 3 aromatic rings. The molecule has 0 unspecified atom stereocenters. The van der Waals surface area contributed by atoms with Crippen LogP contribution in [-0.2, 0) is 6.54 Å². The molecule has 3 rings (SSSR count). The molecule has 128 valence electrons. The number of hydrogen-bond acceptors (Lipinski definition) is 4. The van der Waals surface area contributed by atoms with E-state index in [1.165, 1.54) is 0 Å². The fourth-order valence-electron chi connectivity index (χ4n) is 2.68. The minimum atomic E-state index is -0.187. The number of aromatic nitrogens is 3. The van der Waals surface area contributed by atoms with E-state index >= 15 is 0 Å². The second-order valence-electron chi connectivity index (χ2n) is 6.06. The third-order valence-electron chi connectivity index (χ3n) is 3.86. The van der Waals surface area contributed by atoms with Gasteiger partial charge >= 0.3 is 0 Å². The van der Waals surface area contributed by atoms with E-state index < -0.39 is 0 Å². The summed E-state index contributed by atoms with van der Waals surface area (Å²) in [4.78, 5) is 33.5. The number of aryl methyl sites for hydroxylation is 1. The van der Waals surface area contributed by atoms with Crippen molar-refractivity contribution < 1.29 is 4.79 Å². The lowest BCUT2D eigenvalue weighted by atomic mass is 10.1. The van der Waals surface area contributed by atoms with Crippen LogP contribution in [0, 0.1) is 0 Å². The molecule has 0 spiro atoms. The lowest BCUT2D eigenvalue weighted by Crippen LogP contribution is -2.30. The van der Waals surface area contributed by atoms with Crippen LogP contribution in [0.1, 0.15) is 31.1 Å². The molecule has 0 saturated heterocycles. The first-order valence-electron chi connectivity index (χ1n) is 8.28. The minimum Gasteiger partial charge on any atom is -0.350 e. The highest BCUT2D eigenvalue weighted by atomic mass is 16.1. The second-order valence-corrected chi connectivity index (χ2v) is 6.06. The smallest absolute Gasteiger partial charge is 0.278 e. The largest absolute Gasteiger partial charge is 0.350 e. The molecular weight excluding hydrogens is 316 g/mol. The highest BCUT2D eigenvalue weighted by molar-refractivity contribution is 5.94. The van der Waals surface area contributed by atoms with E-state index in [9.17, 15) is 9.59 Å². The van der Waals surface area contributed by atoms with Gasteiger partial charge in [-0.2, -0.15) is 0 Å². The van der Waals surface area contributed by atoms with E-state index in [4.69, 9.17) is 0 Å². The first-order chi connectivity index (χ1) is 12.0. The van der Waals surface area contributed by atoms with Crippen molar-refractivity contribution in [2.24, 2.45) is 0 Å². The first kappa shape index (κ1) is 16.8. The summed E-state index contributed by atoms with van der Waals surface area (Å²) in [5, 5.41) is 2.84. The predicted molar refractivity (Wildman–Crippen MR) is 97.5 cm³/mol. The van der Waals surface area contributed by atoms with Gasteiger partial charge in [-0.1, -0.05) is 12.1 Å². The number of pyridine rings is 1. The average Bonchev–Trinajstić information content (AvgIpc) is 2.61. The first-order valence-corrected chi connectivity index (χ1v) is 8.28. The van der Waals surface area contributed by atoms with E-state index in [0.29, 0.717) is 34.5 Å². The van der Waals surface area contributed by atoms with Crippen molar-refractivity contribution in [2.45, 2.75) is 33.4 Å². The molecule has 6 heteroatoms. The zero-order valence-corrected chi connectivity index (χ0v) is 14.5. The minimum absolute atomic E-state index is 0.0681. The molecule has 0 fully saturated rings. The SMILES string of the molecule is CCn1c(=O)c(-c2ccc(C(=O)NC(C)C)cc2)nc2cccnc21. The summed E-state index contributed by atoms with van der Waals surface area (Å²) >= 11 is 0. The number of rotatable bonds is 4. The Morgan fingerprint density at radius 2 is 1.92 bits per heavy atom. The molecule has 2 aromatic heterocycles.